The zero-order valence-electron chi connectivity index (χ0n) is 19.6. The average Bonchev–Trinajstić information content (AvgIpc) is 2.83. The van der Waals surface area contributed by atoms with E-state index in [1.54, 1.807) is 6.20 Å². The Morgan fingerprint density at radius 3 is 2.44 bits per heavy atom. The zero-order chi connectivity index (χ0) is 24.2. The van der Waals surface area contributed by atoms with E-state index in [-0.39, 0.29) is 11.8 Å². The molecule has 0 radical (unpaired) electrons. The summed E-state index contributed by atoms with van der Waals surface area (Å²) in [6.45, 7) is 5.51. The van der Waals surface area contributed by atoms with Crippen LogP contribution in [-0.4, -0.2) is 34.9 Å². The number of aryl methyl sites for hydroxylation is 2. The topological polar surface area (TPSA) is 77.3 Å². The first-order valence-corrected chi connectivity index (χ1v) is 12.0. The Morgan fingerprint density at radius 1 is 1.12 bits per heavy atom. The van der Waals surface area contributed by atoms with Gasteiger partial charge in [0.25, 0.3) is 0 Å². The van der Waals surface area contributed by atoms with Crippen molar-refractivity contribution < 1.29 is 9.90 Å². The maximum Gasteiger partial charge on any atom is 0.306 e. The number of carbonyl (C=O) groups is 1. The third-order valence-electron chi connectivity index (χ3n) is 6.77. The summed E-state index contributed by atoms with van der Waals surface area (Å²) < 4.78 is 0. The number of hydrogen-bond donors (Lipinski definition) is 2. The Hall–Kier alpha value is -3.18. The normalized spacial score (nSPS) is 15.2. The van der Waals surface area contributed by atoms with Gasteiger partial charge in [-0.15, -0.1) is 0 Å². The lowest BCUT2D eigenvalue weighted by Crippen LogP contribution is -2.36. The molecule has 34 heavy (non-hydrogen) atoms. The summed E-state index contributed by atoms with van der Waals surface area (Å²) in [7, 11) is 0. The van der Waals surface area contributed by atoms with E-state index in [0.717, 1.165) is 46.7 Å². The molecule has 0 unspecified atom stereocenters. The highest BCUT2D eigenvalue weighted by atomic mass is 35.5. The lowest BCUT2D eigenvalue weighted by atomic mass is 9.83. The number of rotatable bonds is 7. The molecule has 1 aromatic heterocycles. The van der Waals surface area contributed by atoms with Crippen molar-refractivity contribution in [2.75, 3.05) is 18.0 Å². The van der Waals surface area contributed by atoms with E-state index in [1.807, 2.05) is 31.2 Å². The Bertz CT molecular complexity index is 1180. The number of aliphatic carboxylic acids is 1. The van der Waals surface area contributed by atoms with Crippen LogP contribution in [0.5, 0.6) is 0 Å². The molecule has 176 valence electrons. The summed E-state index contributed by atoms with van der Waals surface area (Å²) in [4.78, 5) is 17.8. The van der Waals surface area contributed by atoms with Crippen molar-refractivity contribution in [2.45, 2.75) is 39.0 Å². The van der Waals surface area contributed by atoms with Gasteiger partial charge in [-0.2, -0.15) is 0 Å². The largest absolute Gasteiger partial charge is 0.481 e. The van der Waals surface area contributed by atoms with Crippen molar-refractivity contribution in [3.8, 4) is 0 Å². The van der Waals surface area contributed by atoms with E-state index < -0.39 is 5.97 Å². The van der Waals surface area contributed by atoms with Gasteiger partial charge in [-0.1, -0.05) is 29.8 Å². The van der Waals surface area contributed by atoms with Crippen LogP contribution < -0.4 is 4.90 Å². The average molecular weight is 476 g/mol. The van der Waals surface area contributed by atoms with E-state index in [4.69, 9.17) is 17.0 Å². The Labute approximate surface area is 205 Å². The van der Waals surface area contributed by atoms with E-state index in [0.29, 0.717) is 30.0 Å². The molecule has 1 aliphatic rings. The molecule has 0 aliphatic carbocycles. The van der Waals surface area contributed by atoms with Gasteiger partial charge in [0.05, 0.1) is 5.92 Å². The highest BCUT2D eigenvalue weighted by molar-refractivity contribution is 6.30. The number of piperidine rings is 1. The molecule has 2 aromatic carbocycles. The minimum Gasteiger partial charge on any atom is -0.481 e. The van der Waals surface area contributed by atoms with Crippen molar-refractivity contribution in [2.24, 2.45) is 5.92 Å². The summed E-state index contributed by atoms with van der Waals surface area (Å²) in [6.07, 6.45) is 3.66. The van der Waals surface area contributed by atoms with E-state index in [2.05, 4.69) is 47.1 Å². The maximum atomic E-state index is 11.3. The lowest BCUT2D eigenvalue weighted by Gasteiger charge is -2.32. The van der Waals surface area contributed by atoms with Gasteiger partial charge >= 0.3 is 5.97 Å². The molecule has 3 aromatic rings. The summed E-state index contributed by atoms with van der Waals surface area (Å²) in [5.41, 5.74) is 6.89. The maximum absolute atomic E-state index is 11.3. The van der Waals surface area contributed by atoms with Crippen LogP contribution in [0.15, 0.2) is 60.8 Å². The molecule has 0 saturated carbocycles. The number of hydrogen-bond acceptors (Lipinski definition) is 4. The standard InChI is InChI=1S/C28H30ClN3O2/c1-18-15-23(29)5-8-25(18)26(17-27(30)22-9-12-31-19(2)16-22)20-3-6-24(7-4-20)32-13-10-21(11-14-32)28(33)34/h3-9,12,15-16,21,26,30H,10-11,13-14,17H2,1-2H3,(H,33,34)/t26-/m0/s1. The third kappa shape index (κ3) is 5.48. The lowest BCUT2D eigenvalue weighted by molar-refractivity contribution is -0.142. The Morgan fingerprint density at radius 2 is 1.82 bits per heavy atom. The number of benzene rings is 2. The Balaban J connectivity index is 1.60. The SMILES string of the molecule is Cc1cc(C(=N)C[C@@H](c2ccc(N3CCC(C(=O)O)CC3)cc2)c2ccc(Cl)cc2C)ccn1. The number of nitrogens with zero attached hydrogens (tertiary/aromatic N) is 2. The van der Waals surface area contributed by atoms with Crippen molar-refractivity contribution in [3.63, 3.8) is 0 Å². The second-order valence-corrected chi connectivity index (χ2v) is 9.55. The van der Waals surface area contributed by atoms with Crippen LogP contribution in [0.1, 0.15) is 53.1 Å². The first-order valence-electron chi connectivity index (χ1n) is 11.7. The van der Waals surface area contributed by atoms with Gasteiger partial charge in [0, 0.05) is 53.7 Å². The van der Waals surface area contributed by atoms with Crippen LogP contribution in [0.25, 0.3) is 0 Å². The van der Waals surface area contributed by atoms with Crippen LogP contribution in [0.4, 0.5) is 5.69 Å². The van der Waals surface area contributed by atoms with Crippen molar-refractivity contribution in [3.05, 3.63) is 93.8 Å². The number of carboxylic acids is 1. The van der Waals surface area contributed by atoms with E-state index in [9.17, 15) is 9.90 Å². The van der Waals surface area contributed by atoms with Gasteiger partial charge in [0.2, 0.25) is 0 Å². The minimum atomic E-state index is -0.692. The molecular weight excluding hydrogens is 446 g/mol. The van der Waals surface area contributed by atoms with Crippen LogP contribution in [0.2, 0.25) is 5.02 Å². The highest BCUT2D eigenvalue weighted by Gasteiger charge is 2.25. The van der Waals surface area contributed by atoms with Gasteiger partial charge in [0.15, 0.2) is 0 Å². The van der Waals surface area contributed by atoms with Gasteiger partial charge in [0.1, 0.15) is 0 Å². The van der Waals surface area contributed by atoms with Crippen molar-refractivity contribution >= 4 is 29.0 Å². The summed E-state index contributed by atoms with van der Waals surface area (Å²) >= 11 is 6.23. The second kappa shape index (κ2) is 10.4. The predicted octanol–water partition coefficient (Wildman–Crippen LogP) is 6.24. The molecule has 1 saturated heterocycles. The first-order chi connectivity index (χ1) is 16.3. The predicted molar refractivity (Wildman–Crippen MR) is 137 cm³/mol. The van der Waals surface area contributed by atoms with Gasteiger partial charge in [-0.05, 0) is 85.3 Å². The van der Waals surface area contributed by atoms with Crippen molar-refractivity contribution in [1.29, 1.82) is 5.41 Å². The molecule has 2 heterocycles. The van der Waals surface area contributed by atoms with Crippen LogP contribution in [-0.2, 0) is 4.79 Å². The fourth-order valence-electron chi connectivity index (χ4n) is 4.79. The monoisotopic (exact) mass is 475 g/mol. The fourth-order valence-corrected chi connectivity index (χ4v) is 5.02. The molecule has 5 nitrogen and oxygen atoms in total. The molecule has 0 amide bonds. The van der Waals surface area contributed by atoms with E-state index in [1.165, 1.54) is 0 Å². The van der Waals surface area contributed by atoms with Crippen molar-refractivity contribution in [1.82, 2.24) is 4.98 Å². The molecule has 4 rings (SSSR count). The second-order valence-electron chi connectivity index (χ2n) is 9.11. The number of aromatic nitrogens is 1. The summed E-state index contributed by atoms with van der Waals surface area (Å²) in [6, 6.07) is 18.3. The fraction of sp³-hybridized carbons (Fsp3) is 0.321. The van der Waals surface area contributed by atoms with Gasteiger partial charge in [-0.3, -0.25) is 9.78 Å². The molecule has 0 spiro atoms. The van der Waals surface area contributed by atoms with Gasteiger partial charge < -0.3 is 15.4 Å². The molecule has 1 aliphatic heterocycles. The smallest absolute Gasteiger partial charge is 0.306 e. The molecule has 6 heteroatoms. The number of carboxylic acid groups (broad SMARTS) is 1. The zero-order valence-corrected chi connectivity index (χ0v) is 20.3. The number of nitrogens with one attached hydrogen (secondary N) is 1. The summed E-state index contributed by atoms with van der Waals surface area (Å²) in [5.74, 6) is -0.913. The molecule has 1 fully saturated rings. The molecule has 2 N–H and O–H groups in total. The summed E-state index contributed by atoms with van der Waals surface area (Å²) in [5, 5.41) is 18.8. The van der Waals surface area contributed by atoms with Crippen LogP contribution in [0.3, 0.4) is 0 Å². The van der Waals surface area contributed by atoms with E-state index >= 15 is 0 Å². The third-order valence-corrected chi connectivity index (χ3v) is 7.00. The number of pyridine rings is 1. The molecule has 0 bridgehead atoms. The minimum absolute atomic E-state index is 0.0186. The van der Waals surface area contributed by atoms with Gasteiger partial charge in [-0.25, -0.2) is 0 Å². The first kappa shape index (κ1) is 24.0. The van der Waals surface area contributed by atoms with Crippen LogP contribution >= 0.6 is 11.6 Å². The highest BCUT2D eigenvalue weighted by Crippen LogP contribution is 2.34. The molecular formula is C28H30ClN3O2. The van der Waals surface area contributed by atoms with Crippen LogP contribution in [0, 0.1) is 25.2 Å². The quantitative estimate of drug-likeness (QED) is 0.396. The number of halogens is 1. The Kier molecular flexibility index (Phi) is 7.32. The molecule has 1 atom stereocenters. The number of anilines is 1.